The molecule has 5 nitrogen and oxygen atoms in total. The third kappa shape index (κ3) is 3.39. The molecule has 0 bridgehead atoms. The zero-order chi connectivity index (χ0) is 14.8. The summed E-state index contributed by atoms with van der Waals surface area (Å²) in [6.45, 7) is 1.94. The van der Waals surface area contributed by atoms with Gasteiger partial charge in [0.05, 0.1) is 11.5 Å². The first-order valence-electron chi connectivity index (χ1n) is 6.37. The van der Waals surface area contributed by atoms with E-state index in [2.05, 4.69) is 0 Å². The first kappa shape index (κ1) is 14.6. The van der Waals surface area contributed by atoms with Crippen molar-refractivity contribution in [3.05, 3.63) is 35.6 Å². The minimum absolute atomic E-state index is 0.0312. The van der Waals surface area contributed by atoms with Crippen LogP contribution >= 0.6 is 0 Å². The molecule has 0 amide bonds. The molecule has 2 aromatic rings. The van der Waals surface area contributed by atoms with Crippen molar-refractivity contribution in [2.75, 3.05) is 5.75 Å². The predicted octanol–water partition coefficient (Wildman–Crippen LogP) is 2.85. The standard InChI is InChI=1S/C14H16O5S/c1-2-3-6-20(17,18)9-10-4-5-12-11(7-10)8-13(19-12)14(15)16/h4-5,7-8H,2-3,6,9H2,1H3,(H,15,16). The number of sulfone groups is 1. The zero-order valence-electron chi connectivity index (χ0n) is 11.1. The van der Waals surface area contributed by atoms with E-state index < -0.39 is 15.8 Å². The molecule has 1 aromatic heterocycles. The van der Waals surface area contributed by atoms with Gasteiger partial charge in [-0.3, -0.25) is 0 Å². The lowest BCUT2D eigenvalue weighted by atomic mass is 10.2. The smallest absolute Gasteiger partial charge is 0.371 e. The van der Waals surface area contributed by atoms with Crippen LogP contribution in [0.5, 0.6) is 0 Å². The van der Waals surface area contributed by atoms with Crippen LogP contribution in [0.25, 0.3) is 11.0 Å². The van der Waals surface area contributed by atoms with Crippen molar-refractivity contribution in [2.24, 2.45) is 0 Å². The number of aromatic carboxylic acids is 1. The first-order chi connectivity index (χ1) is 9.41. The van der Waals surface area contributed by atoms with Gasteiger partial charge in [-0.1, -0.05) is 19.4 Å². The van der Waals surface area contributed by atoms with E-state index in [0.29, 0.717) is 23.0 Å². The van der Waals surface area contributed by atoms with Crippen molar-refractivity contribution in [3.63, 3.8) is 0 Å². The second-order valence-electron chi connectivity index (χ2n) is 4.73. The zero-order valence-corrected chi connectivity index (χ0v) is 11.9. The van der Waals surface area contributed by atoms with Gasteiger partial charge in [0.1, 0.15) is 5.58 Å². The van der Waals surface area contributed by atoms with Crippen LogP contribution in [-0.2, 0) is 15.6 Å². The molecule has 0 saturated heterocycles. The fourth-order valence-corrected chi connectivity index (χ4v) is 3.54. The molecule has 0 atom stereocenters. The number of hydrogen-bond acceptors (Lipinski definition) is 4. The van der Waals surface area contributed by atoms with E-state index in [-0.39, 0.29) is 17.3 Å². The van der Waals surface area contributed by atoms with Crippen molar-refractivity contribution in [3.8, 4) is 0 Å². The Morgan fingerprint density at radius 1 is 1.30 bits per heavy atom. The SMILES string of the molecule is CCCCS(=O)(=O)Cc1ccc2oc(C(=O)O)cc2c1. The number of rotatable bonds is 6. The third-order valence-corrected chi connectivity index (χ3v) is 4.67. The minimum Gasteiger partial charge on any atom is -0.475 e. The van der Waals surface area contributed by atoms with Crippen molar-refractivity contribution < 1.29 is 22.7 Å². The summed E-state index contributed by atoms with van der Waals surface area (Å²) in [6.07, 6.45) is 1.49. The summed E-state index contributed by atoms with van der Waals surface area (Å²) in [6, 6.07) is 6.32. The lowest BCUT2D eigenvalue weighted by Gasteiger charge is -2.03. The second-order valence-corrected chi connectivity index (χ2v) is 6.92. The molecule has 0 aliphatic carbocycles. The number of furan rings is 1. The highest BCUT2D eigenvalue weighted by atomic mass is 32.2. The Bertz CT molecular complexity index is 727. The summed E-state index contributed by atoms with van der Waals surface area (Å²) in [5, 5.41) is 9.45. The molecule has 1 aromatic carbocycles. The van der Waals surface area contributed by atoms with Gasteiger partial charge in [0.25, 0.3) is 0 Å². The molecule has 0 spiro atoms. The fourth-order valence-electron chi connectivity index (χ4n) is 1.98. The number of carbonyl (C=O) groups is 1. The second kappa shape index (κ2) is 5.66. The van der Waals surface area contributed by atoms with Crippen LogP contribution in [0, 0.1) is 0 Å². The summed E-state index contributed by atoms with van der Waals surface area (Å²) < 4.78 is 28.9. The highest BCUT2D eigenvalue weighted by Crippen LogP contribution is 2.22. The quantitative estimate of drug-likeness (QED) is 0.886. The van der Waals surface area contributed by atoms with E-state index in [4.69, 9.17) is 9.52 Å². The van der Waals surface area contributed by atoms with E-state index in [1.54, 1.807) is 18.2 Å². The number of fused-ring (bicyclic) bond motifs is 1. The van der Waals surface area contributed by atoms with Gasteiger partial charge >= 0.3 is 5.97 Å². The van der Waals surface area contributed by atoms with E-state index >= 15 is 0 Å². The van der Waals surface area contributed by atoms with Crippen LogP contribution in [0.2, 0.25) is 0 Å². The number of hydrogen-bond donors (Lipinski definition) is 1. The molecule has 1 N–H and O–H groups in total. The van der Waals surface area contributed by atoms with Crippen LogP contribution < -0.4 is 0 Å². The Labute approximate surface area is 117 Å². The maximum atomic E-state index is 11.9. The first-order valence-corrected chi connectivity index (χ1v) is 8.19. The van der Waals surface area contributed by atoms with Gasteiger partial charge in [0.15, 0.2) is 9.84 Å². The van der Waals surface area contributed by atoms with Crippen LogP contribution in [0.1, 0.15) is 35.9 Å². The van der Waals surface area contributed by atoms with Crippen LogP contribution in [0.4, 0.5) is 0 Å². The van der Waals surface area contributed by atoms with E-state index in [1.165, 1.54) is 6.07 Å². The molecule has 0 fully saturated rings. The van der Waals surface area contributed by atoms with Crippen LogP contribution in [-0.4, -0.2) is 25.2 Å². The van der Waals surface area contributed by atoms with Gasteiger partial charge in [-0.15, -0.1) is 0 Å². The van der Waals surface area contributed by atoms with Crippen molar-refractivity contribution in [1.82, 2.24) is 0 Å². The van der Waals surface area contributed by atoms with Gasteiger partial charge < -0.3 is 9.52 Å². The van der Waals surface area contributed by atoms with Gasteiger partial charge in [-0.25, -0.2) is 13.2 Å². The Hall–Kier alpha value is -1.82. The van der Waals surface area contributed by atoms with Crippen molar-refractivity contribution in [1.29, 1.82) is 0 Å². The molecule has 6 heteroatoms. The average Bonchev–Trinajstić information content (AvgIpc) is 2.79. The minimum atomic E-state index is -3.12. The number of benzene rings is 1. The van der Waals surface area contributed by atoms with Crippen molar-refractivity contribution >= 4 is 26.8 Å². The Kier molecular flexibility index (Phi) is 4.13. The largest absolute Gasteiger partial charge is 0.475 e. The lowest BCUT2D eigenvalue weighted by molar-refractivity contribution is 0.0665. The molecule has 0 aliphatic rings. The normalized spacial score (nSPS) is 11.8. The van der Waals surface area contributed by atoms with E-state index in [1.807, 2.05) is 6.92 Å². The molecular weight excluding hydrogens is 280 g/mol. The topological polar surface area (TPSA) is 84.6 Å². The molecule has 1 heterocycles. The summed E-state index contributed by atoms with van der Waals surface area (Å²) in [4.78, 5) is 10.8. The molecule has 108 valence electrons. The molecule has 0 aliphatic heterocycles. The van der Waals surface area contributed by atoms with Crippen LogP contribution in [0.3, 0.4) is 0 Å². The predicted molar refractivity (Wildman–Crippen MR) is 75.6 cm³/mol. The maximum absolute atomic E-state index is 11.9. The Balaban J connectivity index is 2.25. The van der Waals surface area contributed by atoms with Crippen molar-refractivity contribution in [2.45, 2.75) is 25.5 Å². The fraction of sp³-hybridized carbons (Fsp3) is 0.357. The highest BCUT2D eigenvalue weighted by molar-refractivity contribution is 7.90. The maximum Gasteiger partial charge on any atom is 0.371 e. The summed E-state index contributed by atoms with van der Waals surface area (Å²) >= 11 is 0. The third-order valence-electron chi connectivity index (χ3n) is 2.99. The summed E-state index contributed by atoms with van der Waals surface area (Å²) in [5.74, 6) is -1.14. The molecule has 0 unspecified atom stereocenters. The number of unbranched alkanes of at least 4 members (excludes halogenated alkanes) is 1. The van der Waals surface area contributed by atoms with Gasteiger partial charge in [0.2, 0.25) is 5.76 Å². The molecule has 0 radical (unpaired) electrons. The van der Waals surface area contributed by atoms with Crippen LogP contribution in [0.15, 0.2) is 28.7 Å². The highest BCUT2D eigenvalue weighted by Gasteiger charge is 2.14. The molecular formula is C14H16O5S. The van der Waals surface area contributed by atoms with Gasteiger partial charge in [0, 0.05) is 5.39 Å². The van der Waals surface area contributed by atoms with Gasteiger partial charge in [-0.05, 0) is 30.2 Å². The molecule has 2 rings (SSSR count). The number of carboxylic acid groups (broad SMARTS) is 1. The Morgan fingerprint density at radius 2 is 2.05 bits per heavy atom. The summed E-state index contributed by atoms with van der Waals surface area (Å²) in [7, 11) is -3.12. The molecule has 0 saturated carbocycles. The lowest BCUT2D eigenvalue weighted by Crippen LogP contribution is -2.09. The monoisotopic (exact) mass is 296 g/mol. The Morgan fingerprint density at radius 3 is 2.70 bits per heavy atom. The van der Waals surface area contributed by atoms with E-state index in [9.17, 15) is 13.2 Å². The van der Waals surface area contributed by atoms with E-state index in [0.717, 1.165) is 6.42 Å². The van der Waals surface area contributed by atoms with Gasteiger partial charge in [-0.2, -0.15) is 0 Å². The molecule has 20 heavy (non-hydrogen) atoms. The number of carboxylic acids is 1. The average molecular weight is 296 g/mol. The summed E-state index contributed by atoms with van der Waals surface area (Å²) in [5.41, 5.74) is 1.09.